The maximum absolute atomic E-state index is 14.9. The highest BCUT2D eigenvalue weighted by Crippen LogP contribution is 2.57. The lowest BCUT2D eigenvalue weighted by Crippen LogP contribution is -2.44. The highest BCUT2D eigenvalue weighted by Gasteiger charge is 2.57. The van der Waals surface area contributed by atoms with Gasteiger partial charge in [-0.1, -0.05) is 103 Å². The van der Waals surface area contributed by atoms with E-state index in [4.69, 9.17) is 0 Å². The highest BCUT2D eigenvalue weighted by atomic mass is 16.1. The number of hydrogen-bond acceptors (Lipinski definition) is 2. The van der Waals surface area contributed by atoms with Crippen molar-refractivity contribution in [2.45, 2.75) is 23.7 Å². The first-order valence-electron chi connectivity index (χ1n) is 16.5. The molecule has 6 nitrogen and oxygen atoms in total. The van der Waals surface area contributed by atoms with Gasteiger partial charge in [0.05, 0.1) is 34.3 Å². The molecule has 0 N–H and O–H groups in total. The minimum absolute atomic E-state index is 0.0499. The molecule has 0 atom stereocenters. The first-order chi connectivity index (χ1) is 23.2. The molecule has 0 saturated carbocycles. The second-order valence-corrected chi connectivity index (χ2v) is 13.9. The zero-order valence-electron chi connectivity index (χ0n) is 25.0. The van der Waals surface area contributed by atoms with Crippen LogP contribution in [0, 0.1) is 0 Å². The summed E-state index contributed by atoms with van der Waals surface area (Å²) < 4.78 is 8.43. The van der Waals surface area contributed by atoms with E-state index in [2.05, 4.69) is 118 Å². The van der Waals surface area contributed by atoms with Gasteiger partial charge in [-0.3, -0.25) is 18.8 Å². The van der Waals surface area contributed by atoms with Gasteiger partial charge in [0.1, 0.15) is 0 Å². The normalized spacial score (nSPS) is 21.3. The van der Waals surface area contributed by atoms with Crippen molar-refractivity contribution in [3.8, 4) is 11.4 Å². The Morgan fingerprint density at radius 3 is 1.06 bits per heavy atom. The summed E-state index contributed by atoms with van der Waals surface area (Å²) >= 11 is 0. The van der Waals surface area contributed by atoms with Crippen LogP contribution in [0.3, 0.4) is 0 Å². The van der Waals surface area contributed by atoms with Crippen molar-refractivity contribution in [3.63, 3.8) is 0 Å². The smallest absolute Gasteiger partial charge is 0.294 e. The average Bonchev–Trinajstić information content (AvgIpc) is 3.83. The Labute approximate surface area is 268 Å². The van der Waals surface area contributed by atoms with Crippen LogP contribution in [0.1, 0.15) is 90.7 Å². The number of benzene rings is 5. The summed E-state index contributed by atoms with van der Waals surface area (Å²) in [5.74, 6) is -0.383. The molecule has 5 aromatic carbocycles. The Hall–Kier alpha value is -5.82. The third-order valence-corrected chi connectivity index (χ3v) is 12.2. The zero-order chi connectivity index (χ0) is 30.4. The fourth-order valence-corrected chi connectivity index (χ4v) is 10.7. The number of rotatable bonds is 0. The number of fused-ring (bicyclic) bond motifs is 6. The molecular weight excluding hydrogens is 579 g/mol. The summed E-state index contributed by atoms with van der Waals surface area (Å²) in [5, 5.41) is 0. The Morgan fingerprint density at radius 1 is 0.404 bits per heavy atom. The molecule has 2 aliphatic heterocycles. The summed E-state index contributed by atoms with van der Waals surface area (Å²) in [6.45, 7) is -0.341. The van der Waals surface area contributed by atoms with Gasteiger partial charge in [-0.2, -0.15) is 0 Å². The van der Waals surface area contributed by atoms with Crippen LogP contribution in [-0.2, 0) is 0 Å². The van der Waals surface area contributed by atoms with Crippen molar-refractivity contribution < 1.29 is 0 Å². The molecule has 0 fully saturated rings. The summed E-state index contributed by atoms with van der Waals surface area (Å²) in [6, 6.07) is 40.7. The van der Waals surface area contributed by atoms with Gasteiger partial charge in [0.25, 0.3) is 11.1 Å². The summed E-state index contributed by atoms with van der Waals surface area (Å²) in [5.41, 5.74) is 16.8. The van der Waals surface area contributed by atoms with Crippen LogP contribution < -0.4 is 16.6 Å². The van der Waals surface area contributed by atoms with Gasteiger partial charge in [0.15, 0.2) is 0 Å². The summed E-state index contributed by atoms with van der Waals surface area (Å²) in [7, 11) is 0. The van der Waals surface area contributed by atoms with Crippen molar-refractivity contribution in [1.29, 1.82) is 0 Å². The van der Waals surface area contributed by atoms with Gasteiger partial charge < -0.3 is 0 Å². The fourth-order valence-electron chi connectivity index (χ4n) is 10.7. The third kappa shape index (κ3) is 2.28. The molecule has 4 heterocycles. The molecule has 7 heteroatoms. The zero-order valence-corrected chi connectivity index (χ0v) is 25.0. The molecular formula is C40H23BN4O2. The first kappa shape index (κ1) is 23.5. The van der Waals surface area contributed by atoms with Gasteiger partial charge in [-0.05, 0) is 56.6 Å². The van der Waals surface area contributed by atoms with Crippen LogP contribution in [0.25, 0.3) is 11.4 Å². The van der Waals surface area contributed by atoms with E-state index >= 15 is 0 Å². The van der Waals surface area contributed by atoms with Crippen molar-refractivity contribution in [3.05, 3.63) is 203 Å². The third-order valence-electron chi connectivity index (χ3n) is 12.2. The number of hydrogen-bond donors (Lipinski definition) is 0. The summed E-state index contributed by atoms with van der Waals surface area (Å²) in [4.78, 5) is 29.8. The van der Waals surface area contributed by atoms with Crippen molar-refractivity contribution in [2.24, 2.45) is 0 Å². The van der Waals surface area contributed by atoms with Crippen LogP contribution in [0.2, 0.25) is 0 Å². The standard InChI is InChI=1S/C40H23BN4O2/c46-39-34-30-20-10-1-5-14-24(20)32(25-15-6-2-11-21(25)30)37(34)44-41-36-28(42(39)44)18-9-19-29(36)43-40(47)35-31-22-12-3-7-16-26(22)33(38(35)45(41)43)27-17-8-4-13-23(27)31/h1-19,30-33H. The first-order valence-corrected chi connectivity index (χ1v) is 16.5. The second-order valence-electron chi connectivity index (χ2n) is 13.9. The average molecular weight is 602 g/mol. The fraction of sp³-hybridized carbons (Fsp3) is 0.100. The van der Waals surface area contributed by atoms with Gasteiger partial charge in [0, 0.05) is 28.7 Å². The molecule has 218 valence electrons. The largest absolute Gasteiger partial charge is 0.456 e. The minimum atomic E-state index is -0.341. The van der Waals surface area contributed by atoms with E-state index in [9.17, 15) is 9.59 Å². The van der Waals surface area contributed by atoms with Crippen molar-refractivity contribution in [1.82, 2.24) is 18.5 Å². The highest BCUT2D eigenvalue weighted by molar-refractivity contribution is 6.74. The van der Waals surface area contributed by atoms with E-state index in [1.807, 2.05) is 15.4 Å². The Balaban J connectivity index is 1.16. The maximum atomic E-state index is 14.9. The van der Waals surface area contributed by atoms with Gasteiger partial charge >= 0.3 is 6.98 Å². The minimum Gasteiger partial charge on any atom is -0.294 e. The maximum Gasteiger partial charge on any atom is 0.456 e. The van der Waals surface area contributed by atoms with Crippen molar-refractivity contribution >= 4 is 12.4 Å². The molecule has 0 amide bonds. The number of aromatic nitrogens is 4. The van der Waals surface area contributed by atoms with Crippen LogP contribution >= 0.6 is 0 Å². The van der Waals surface area contributed by atoms with E-state index in [1.165, 1.54) is 44.5 Å². The van der Waals surface area contributed by atoms with E-state index in [0.717, 1.165) is 39.4 Å². The molecule has 0 saturated heterocycles. The molecule has 6 aliphatic carbocycles. The Morgan fingerprint density at radius 2 is 0.723 bits per heavy atom. The summed E-state index contributed by atoms with van der Waals surface area (Å²) in [6.07, 6.45) is 0. The molecule has 0 spiro atoms. The topological polar surface area (TPSA) is 53.9 Å². The second kappa shape index (κ2) is 7.42. The Bertz CT molecular complexity index is 2520. The van der Waals surface area contributed by atoms with E-state index < -0.39 is 0 Å². The lowest BCUT2D eigenvalue weighted by molar-refractivity contribution is 0.658. The lowest BCUT2D eigenvalue weighted by atomic mass is 9.60. The van der Waals surface area contributed by atoms with Crippen LogP contribution in [0.4, 0.5) is 0 Å². The predicted molar refractivity (Wildman–Crippen MR) is 179 cm³/mol. The number of nitrogens with zero attached hydrogens (tertiary/aromatic N) is 4. The van der Waals surface area contributed by atoms with Crippen molar-refractivity contribution in [2.75, 3.05) is 0 Å². The SMILES string of the molecule is O=c1c2c(n3n1-c1cccc4c1B3n1c3c(c(=O)n1-4)C1c4ccccc4C3c3ccccc31)C1c3ccccc3C2c2ccccc21. The predicted octanol–water partition coefficient (Wildman–Crippen LogP) is 4.98. The van der Waals surface area contributed by atoms with Gasteiger partial charge in [0.2, 0.25) is 0 Å². The lowest BCUT2D eigenvalue weighted by Gasteiger charge is -2.41. The van der Waals surface area contributed by atoms with Gasteiger partial charge in [-0.25, -0.2) is 9.36 Å². The molecule has 47 heavy (non-hydrogen) atoms. The monoisotopic (exact) mass is 602 g/mol. The van der Waals surface area contributed by atoms with Crippen LogP contribution in [-0.4, -0.2) is 25.5 Å². The molecule has 2 aromatic heterocycles. The van der Waals surface area contributed by atoms with E-state index in [-0.39, 0.29) is 41.8 Å². The van der Waals surface area contributed by atoms with Crippen LogP contribution in [0.15, 0.2) is 125 Å². The molecule has 4 bridgehead atoms. The van der Waals surface area contributed by atoms with E-state index in [1.54, 1.807) is 0 Å². The molecule has 0 unspecified atom stereocenters. The van der Waals surface area contributed by atoms with Gasteiger partial charge in [-0.15, -0.1) is 0 Å². The quantitative estimate of drug-likeness (QED) is 0.230. The molecule has 0 radical (unpaired) electrons. The molecule has 8 aliphatic rings. The Kier molecular flexibility index (Phi) is 3.71. The molecule has 7 aromatic rings. The van der Waals surface area contributed by atoms with E-state index in [0.29, 0.717) is 0 Å². The van der Waals surface area contributed by atoms with Crippen LogP contribution in [0.5, 0.6) is 0 Å². The molecule has 15 rings (SSSR count).